The zero-order valence-corrected chi connectivity index (χ0v) is 11.4. The van der Waals surface area contributed by atoms with E-state index in [9.17, 15) is 0 Å². The number of anilines is 1. The molecule has 1 saturated heterocycles. The molecule has 0 spiro atoms. The van der Waals surface area contributed by atoms with E-state index in [0.717, 1.165) is 42.2 Å². The molecule has 1 aromatic carbocycles. The molecule has 3 rings (SSSR count). The zero-order valence-electron chi connectivity index (χ0n) is 11.4. The fourth-order valence-corrected chi connectivity index (χ4v) is 2.60. The molecular weight excluding hydrogens is 254 g/mol. The number of benzene rings is 1. The summed E-state index contributed by atoms with van der Waals surface area (Å²) in [5.74, 6) is 4.37. The van der Waals surface area contributed by atoms with Gasteiger partial charge in [0.1, 0.15) is 5.75 Å². The standard InChI is InChI=1S/C15H17N3O2/c1-3-4-11-10-16-7-8-18(11)15-13-6-5-12(19-2)9-14(13)20-17-15/h1,5-6,9,11,16H,4,7-8,10H2,2H3. The molecule has 20 heavy (non-hydrogen) atoms. The van der Waals surface area contributed by atoms with Crippen molar-refractivity contribution >= 4 is 16.8 Å². The van der Waals surface area contributed by atoms with E-state index in [2.05, 4.69) is 21.3 Å². The highest BCUT2D eigenvalue weighted by atomic mass is 16.5. The number of hydrogen-bond acceptors (Lipinski definition) is 5. The van der Waals surface area contributed by atoms with Crippen LogP contribution in [0, 0.1) is 12.3 Å². The van der Waals surface area contributed by atoms with Crippen LogP contribution in [0.3, 0.4) is 0 Å². The maximum absolute atomic E-state index is 5.46. The Kier molecular flexibility index (Phi) is 3.48. The third-order valence-electron chi connectivity index (χ3n) is 3.64. The second kappa shape index (κ2) is 5.43. The third kappa shape index (κ3) is 2.19. The highest BCUT2D eigenvalue weighted by Gasteiger charge is 2.25. The van der Waals surface area contributed by atoms with Crippen LogP contribution in [0.1, 0.15) is 6.42 Å². The lowest BCUT2D eigenvalue weighted by molar-refractivity contribution is 0.410. The van der Waals surface area contributed by atoms with Gasteiger partial charge in [-0.05, 0) is 12.1 Å². The van der Waals surface area contributed by atoms with Crippen molar-refractivity contribution in [3.63, 3.8) is 0 Å². The first-order valence-corrected chi connectivity index (χ1v) is 6.67. The van der Waals surface area contributed by atoms with Gasteiger partial charge in [-0.15, -0.1) is 12.3 Å². The maximum Gasteiger partial charge on any atom is 0.180 e. The second-order valence-corrected chi connectivity index (χ2v) is 4.83. The molecule has 2 aromatic rings. The lowest BCUT2D eigenvalue weighted by atomic mass is 10.1. The van der Waals surface area contributed by atoms with E-state index >= 15 is 0 Å². The highest BCUT2D eigenvalue weighted by molar-refractivity contribution is 5.89. The maximum atomic E-state index is 5.46. The van der Waals surface area contributed by atoms with E-state index in [1.165, 1.54) is 0 Å². The Labute approximate surface area is 117 Å². The van der Waals surface area contributed by atoms with E-state index in [1.807, 2.05) is 18.2 Å². The highest BCUT2D eigenvalue weighted by Crippen LogP contribution is 2.30. The van der Waals surface area contributed by atoms with Crippen molar-refractivity contribution < 1.29 is 9.26 Å². The van der Waals surface area contributed by atoms with Gasteiger partial charge in [0.25, 0.3) is 0 Å². The summed E-state index contributed by atoms with van der Waals surface area (Å²) in [6, 6.07) is 6.00. The fraction of sp³-hybridized carbons (Fsp3) is 0.400. The Bertz CT molecular complexity index is 644. The molecule has 1 aliphatic rings. The molecule has 104 valence electrons. The first-order chi connectivity index (χ1) is 9.83. The minimum absolute atomic E-state index is 0.254. The molecule has 0 saturated carbocycles. The third-order valence-corrected chi connectivity index (χ3v) is 3.64. The average Bonchev–Trinajstić information content (AvgIpc) is 2.91. The molecule has 5 nitrogen and oxygen atoms in total. The number of fused-ring (bicyclic) bond motifs is 1. The second-order valence-electron chi connectivity index (χ2n) is 4.83. The van der Waals surface area contributed by atoms with Crippen LogP contribution in [0.4, 0.5) is 5.82 Å². The van der Waals surface area contributed by atoms with Crippen molar-refractivity contribution in [3.05, 3.63) is 18.2 Å². The van der Waals surface area contributed by atoms with Crippen LogP contribution in [0.2, 0.25) is 0 Å². The molecule has 1 unspecified atom stereocenters. The Balaban J connectivity index is 1.98. The number of terminal acetylenes is 1. The van der Waals surface area contributed by atoms with E-state index in [-0.39, 0.29) is 6.04 Å². The number of nitrogens with zero attached hydrogens (tertiary/aromatic N) is 2. The number of piperazine rings is 1. The van der Waals surface area contributed by atoms with Gasteiger partial charge in [-0.25, -0.2) is 0 Å². The summed E-state index contributed by atoms with van der Waals surface area (Å²) in [7, 11) is 1.64. The molecule has 5 heteroatoms. The van der Waals surface area contributed by atoms with Gasteiger partial charge in [-0.2, -0.15) is 0 Å². The summed E-state index contributed by atoms with van der Waals surface area (Å²) < 4.78 is 10.6. The van der Waals surface area contributed by atoms with Crippen molar-refractivity contribution in [2.24, 2.45) is 0 Å². The molecule has 0 amide bonds. The molecule has 1 atom stereocenters. The van der Waals surface area contributed by atoms with Crippen LogP contribution in [0.15, 0.2) is 22.7 Å². The number of rotatable bonds is 3. The molecule has 1 N–H and O–H groups in total. The normalized spacial score (nSPS) is 19.0. The van der Waals surface area contributed by atoms with Crippen LogP contribution in [0.5, 0.6) is 5.75 Å². The topological polar surface area (TPSA) is 50.5 Å². The zero-order chi connectivity index (χ0) is 13.9. The van der Waals surface area contributed by atoms with Crippen molar-refractivity contribution in [2.45, 2.75) is 12.5 Å². The number of aromatic nitrogens is 1. The van der Waals surface area contributed by atoms with E-state index in [4.69, 9.17) is 15.7 Å². The van der Waals surface area contributed by atoms with Gasteiger partial charge in [-0.1, -0.05) is 5.16 Å². The quantitative estimate of drug-likeness (QED) is 0.860. The van der Waals surface area contributed by atoms with Gasteiger partial charge in [0.05, 0.1) is 18.5 Å². The lowest BCUT2D eigenvalue weighted by Gasteiger charge is -2.35. The molecule has 1 fully saturated rings. The van der Waals surface area contributed by atoms with Crippen molar-refractivity contribution in [1.82, 2.24) is 10.5 Å². The van der Waals surface area contributed by atoms with Gasteiger partial charge < -0.3 is 19.5 Å². The Hall–Kier alpha value is -2.19. The molecule has 1 aliphatic heterocycles. The predicted octanol–water partition coefficient (Wildman–Crippen LogP) is 1.64. The van der Waals surface area contributed by atoms with Crippen molar-refractivity contribution in [2.75, 3.05) is 31.6 Å². The van der Waals surface area contributed by atoms with Crippen molar-refractivity contribution in [1.29, 1.82) is 0 Å². The van der Waals surface area contributed by atoms with E-state index in [0.29, 0.717) is 6.42 Å². The number of nitrogens with one attached hydrogen (secondary N) is 1. The molecule has 0 bridgehead atoms. The summed E-state index contributed by atoms with van der Waals surface area (Å²) in [5.41, 5.74) is 0.734. The summed E-state index contributed by atoms with van der Waals surface area (Å²) in [6.45, 7) is 2.67. The van der Waals surface area contributed by atoms with Crippen LogP contribution in [0.25, 0.3) is 11.0 Å². The summed E-state index contributed by atoms with van der Waals surface area (Å²) in [6.07, 6.45) is 6.15. The van der Waals surface area contributed by atoms with Crippen LogP contribution < -0.4 is 15.0 Å². The van der Waals surface area contributed by atoms with Crippen LogP contribution in [-0.2, 0) is 0 Å². The Morgan fingerprint density at radius 2 is 2.50 bits per heavy atom. The molecular formula is C15H17N3O2. The minimum atomic E-state index is 0.254. The van der Waals surface area contributed by atoms with Gasteiger partial charge in [0, 0.05) is 32.1 Å². The number of methoxy groups -OCH3 is 1. The Morgan fingerprint density at radius 1 is 1.60 bits per heavy atom. The minimum Gasteiger partial charge on any atom is -0.497 e. The summed E-state index contributed by atoms with van der Waals surface area (Å²) in [4.78, 5) is 2.23. The Morgan fingerprint density at radius 3 is 3.30 bits per heavy atom. The van der Waals surface area contributed by atoms with Gasteiger partial charge >= 0.3 is 0 Å². The van der Waals surface area contributed by atoms with Crippen molar-refractivity contribution in [3.8, 4) is 18.1 Å². The fourth-order valence-electron chi connectivity index (χ4n) is 2.60. The van der Waals surface area contributed by atoms with E-state index < -0.39 is 0 Å². The van der Waals surface area contributed by atoms with Crippen LogP contribution in [-0.4, -0.2) is 37.9 Å². The molecule has 0 aliphatic carbocycles. The lowest BCUT2D eigenvalue weighted by Crippen LogP contribution is -2.51. The largest absolute Gasteiger partial charge is 0.497 e. The van der Waals surface area contributed by atoms with Crippen LogP contribution >= 0.6 is 0 Å². The molecule has 2 heterocycles. The first kappa shape index (κ1) is 12.8. The molecule has 1 aromatic heterocycles. The summed E-state index contributed by atoms with van der Waals surface area (Å²) >= 11 is 0. The first-order valence-electron chi connectivity index (χ1n) is 6.67. The van der Waals surface area contributed by atoms with Gasteiger partial charge in [0.2, 0.25) is 0 Å². The monoisotopic (exact) mass is 271 g/mol. The smallest absolute Gasteiger partial charge is 0.180 e. The average molecular weight is 271 g/mol. The van der Waals surface area contributed by atoms with Gasteiger partial charge in [0.15, 0.2) is 11.4 Å². The molecule has 0 radical (unpaired) electrons. The summed E-state index contributed by atoms with van der Waals surface area (Å²) in [5, 5.41) is 8.58. The SMILES string of the molecule is C#CCC1CNCCN1c1noc2cc(OC)ccc12. The van der Waals surface area contributed by atoms with Gasteiger partial charge in [-0.3, -0.25) is 0 Å². The number of ether oxygens (including phenoxy) is 1. The van der Waals surface area contributed by atoms with E-state index in [1.54, 1.807) is 7.11 Å². The predicted molar refractivity (Wildman–Crippen MR) is 78.0 cm³/mol. The number of hydrogen-bond donors (Lipinski definition) is 1.